The van der Waals surface area contributed by atoms with Gasteiger partial charge >= 0.3 is 6.03 Å². The van der Waals surface area contributed by atoms with Crippen LogP contribution in [0.4, 0.5) is 4.79 Å². The minimum atomic E-state index is -1.17. The first-order valence-corrected chi connectivity index (χ1v) is 10.3. The van der Waals surface area contributed by atoms with E-state index in [4.69, 9.17) is 4.74 Å². The topological polar surface area (TPSA) is 80.6 Å². The highest BCUT2D eigenvalue weighted by Gasteiger charge is 2.49. The van der Waals surface area contributed by atoms with E-state index in [2.05, 4.69) is 9.88 Å². The maximum atomic E-state index is 13.1. The molecule has 1 aromatic heterocycles. The molecule has 3 heterocycles. The number of aromatic nitrogens is 1. The predicted octanol–water partition coefficient (Wildman–Crippen LogP) is 2.93. The average Bonchev–Trinajstić information content (AvgIpc) is 3.40. The number of rotatable bonds is 6. The van der Waals surface area contributed by atoms with E-state index in [1.165, 1.54) is 0 Å². The first kappa shape index (κ1) is 20.3. The van der Waals surface area contributed by atoms with Gasteiger partial charge in [0.15, 0.2) is 5.78 Å². The van der Waals surface area contributed by atoms with Gasteiger partial charge in [-0.25, -0.2) is 4.79 Å². The molecule has 2 saturated heterocycles. The molecule has 0 bridgehead atoms. The number of imide groups is 1. The van der Waals surface area contributed by atoms with E-state index in [1.807, 2.05) is 38.1 Å². The second kappa shape index (κ2) is 7.72. The van der Waals surface area contributed by atoms with Crippen LogP contribution in [0.2, 0.25) is 0 Å². The largest absolute Gasteiger partial charge is 0.376 e. The number of Topliss-reactive ketones (excluding diaryl/α,β-unsaturated/α-hetero) is 1. The SMILES string of the molecule is Cc1cc(C(=O)CN2C(=O)N[C@@](C)(c3ccccc3)C2=O)c(C)n1C[C@H]1CCCO1. The predicted molar refractivity (Wildman–Crippen MR) is 111 cm³/mol. The van der Waals surface area contributed by atoms with E-state index < -0.39 is 17.5 Å². The Morgan fingerprint density at radius 1 is 1.23 bits per heavy atom. The summed E-state index contributed by atoms with van der Waals surface area (Å²) in [6.07, 6.45) is 2.23. The molecule has 2 aromatic rings. The first-order chi connectivity index (χ1) is 14.3. The zero-order valence-electron chi connectivity index (χ0n) is 17.6. The summed E-state index contributed by atoms with van der Waals surface area (Å²) in [6.45, 7) is 6.73. The second-order valence-electron chi connectivity index (χ2n) is 8.27. The van der Waals surface area contributed by atoms with E-state index in [9.17, 15) is 14.4 Å². The molecule has 0 radical (unpaired) electrons. The summed E-state index contributed by atoms with van der Waals surface area (Å²) in [4.78, 5) is 39.7. The minimum Gasteiger partial charge on any atom is -0.376 e. The van der Waals surface area contributed by atoms with E-state index in [-0.39, 0.29) is 18.4 Å². The number of amides is 3. The molecule has 4 rings (SSSR count). The molecule has 7 nitrogen and oxygen atoms in total. The Labute approximate surface area is 176 Å². The van der Waals surface area contributed by atoms with Gasteiger partial charge in [-0.05, 0) is 45.2 Å². The molecule has 2 aliphatic heterocycles. The lowest BCUT2D eigenvalue weighted by atomic mass is 9.92. The molecule has 2 aliphatic rings. The smallest absolute Gasteiger partial charge is 0.325 e. The van der Waals surface area contributed by atoms with Crippen molar-refractivity contribution in [2.45, 2.75) is 51.8 Å². The highest BCUT2D eigenvalue weighted by Crippen LogP contribution is 2.29. The van der Waals surface area contributed by atoms with Crippen LogP contribution in [0.15, 0.2) is 36.4 Å². The van der Waals surface area contributed by atoms with Gasteiger partial charge in [0.2, 0.25) is 0 Å². The molecule has 0 spiro atoms. The molecule has 2 atom stereocenters. The standard InChI is InChI=1S/C23H27N3O4/c1-15-12-19(16(2)25(15)13-18-10-7-11-30-18)20(27)14-26-21(28)23(3,24-22(26)29)17-8-5-4-6-9-17/h4-6,8-9,12,18H,7,10-11,13-14H2,1-3H3,(H,24,29)/t18-,23+/m1/s1. The normalized spacial score (nSPS) is 23.8. The number of carbonyl (C=O) groups is 3. The molecule has 2 fully saturated rings. The maximum absolute atomic E-state index is 13.1. The molecule has 30 heavy (non-hydrogen) atoms. The lowest BCUT2D eigenvalue weighted by molar-refractivity contribution is -0.130. The molecule has 7 heteroatoms. The Morgan fingerprint density at radius 2 is 1.97 bits per heavy atom. The molecule has 1 aromatic carbocycles. The van der Waals surface area contributed by atoms with Crippen molar-refractivity contribution >= 4 is 17.7 Å². The van der Waals surface area contributed by atoms with Gasteiger partial charge in [0.1, 0.15) is 5.54 Å². The number of hydrogen-bond acceptors (Lipinski definition) is 4. The summed E-state index contributed by atoms with van der Waals surface area (Å²) in [5.41, 5.74) is 1.87. The van der Waals surface area contributed by atoms with Gasteiger partial charge < -0.3 is 14.6 Å². The van der Waals surface area contributed by atoms with Crippen molar-refractivity contribution < 1.29 is 19.1 Å². The lowest BCUT2D eigenvalue weighted by Crippen LogP contribution is -2.41. The number of urea groups is 1. The van der Waals surface area contributed by atoms with Gasteiger partial charge in [-0.3, -0.25) is 14.5 Å². The first-order valence-electron chi connectivity index (χ1n) is 10.3. The summed E-state index contributed by atoms with van der Waals surface area (Å²) in [5, 5.41) is 2.75. The average molecular weight is 409 g/mol. The number of carbonyl (C=O) groups excluding carboxylic acids is 3. The Kier molecular flexibility index (Phi) is 5.24. The number of aryl methyl sites for hydroxylation is 1. The van der Waals surface area contributed by atoms with Crippen molar-refractivity contribution in [2.24, 2.45) is 0 Å². The van der Waals surface area contributed by atoms with Crippen LogP contribution in [0.5, 0.6) is 0 Å². The van der Waals surface area contributed by atoms with Gasteiger partial charge in [-0.15, -0.1) is 0 Å². The van der Waals surface area contributed by atoms with Gasteiger partial charge in [-0.1, -0.05) is 30.3 Å². The third-order valence-corrected chi connectivity index (χ3v) is 6.21. The highest BCUT2D eigenvalue weighted by molar-refractivity contribution is 6.11. The van der Waals surface area contributed by atoms with Crippen LogP contribution in [-0.4, -0.2) is 46.4 Å². The number of nitrogens with one attached hydrogen (secondary N) is 1. The quantitative estimate of drug-likeness (QED) is 0.588. The van der Waals surface area contributed by atoms with Gasteiger partial charge in [0.05, 0.1) is 12.6 Å². The zero-order valence-corrected chi connectivity index (χ0v) is 17.6. The van der Waals surface area contributed by atoms with Gasteiger partial charge in [-0.2, -0.15) is 0 Å². The van der Waals surface area contributed by atoms with Gasteiger partial charge in [0, 0.05) is 30.1 Å². The van der Waals surface area contributed by atoms with Crippen molar-refractivity contribution in [3.8, 4) is 0 Å². The number of nitrogens with zero attached hydrogens (tertiary/aromatic N) is 2. The molecule has 1 N–H and O–H groups in total. The van der Waals surface area contributed by atoms with Crippen LogP contribution in [0, 0.1) is 13.8 Å². The van der Waals surface area contributed by atoms with E-state index >= 15 is 0 Å². The molecule has 3 amide bonds. The Balaban J connectivity index is 1.53. The van der Waals surface area contributed by atoms with Crippen LogP contribution in [0.1, 0.15) is 47.1 Å². The van der Waals surface area contributed by atoms with E-state index in [0.29, 0.717) is 17.7 Å². The van der Waals surface area contributed by atoms with Crippen LogP contribution < -0.4 is 5.32 Å². The maximum Gasteiger partial charge on any atom is 0.325 e. The highest BCUT2D eigenvalue weighted by atomic mass is 16.5. The number of ketones is 1. The summed E-state index contributed by atoms with van der Waals surface area (Å²) in [5.74, 6) is -0.664. The molecule has 0 unspecified atom stereocenters. The molecular weight excluding hydrogens is 382 g/mol. The van der Waals surface area contributed by atoms with Crippen molar-refractivity contribution in [1.82, 2.24) is 14.8 Å². The summed E-state index contributed by atoms with van der Waals surface area (Å²) < 4.78 is 7.81. The van der Waals surface area contributed by atoms with Crippen molar-refractivity contribution in [2.75, 3.05) is 13.2 Å². The third kappa shape index (κ3) is 3.43. The third-order valence-electron chi connectivity index (χ3n) is 6.21. The fraction of sp³-hybridized carbons (Fsp3) is 0.435. The summed E-state index contributed by atoms with van der Waals surface area (Å²) >= 11 is 0. The number of hydrogen-bond donors (Lipinski definition) is 1. The summed E-state index contributed by atoms with van der Waals surface area (Å²) in [7, 11) is 0. The van der Waals surface area contributed by atoms with E-state index in [0.717, 1.165) is 35.7 Å². The molecule has 158 valence electrons. The Morgan fingerprint density at radius 3 is 2.63 bits per heavy atom. The van der Waals surface area contributed by atoms with Crippen LogP contribution >= 0.6 is 0 Å². The Hall–Kier alpha value is -2.93. The van der Waals surface area contributed by atoms with Crippen molar-refractivity contribution in [3.05, 3.63) is 58.9 Å². The summed E-state index contributed by atoms with van der Waals surface area (Å²) in [6, 6.07) is 10.4. The molecule has 0 aliphatic carbocycles. The number of ether oxygens (including phenoxy) is 1. The van der Waals surface area contributed by atoms with Crippen LogP contribution in [0.25, 0.3) is 0 Å². The van der Waals surface area contributed by atoms with Crippen molar-refractivity contribution in [1.29, 1.82) is 0 Å². The minimum absolute atomic E-state index is 0.162. The molecular formula is C23H27N3O4. The van der Waals surface area contributed by atoms with Crippen molar-refractivity contribution in [3.63, 3.8) is 0 Å². The fourth-order valence-electron chi connectivity index (χ4n) is 4.39. The lowest BCUT2D eigenvalue weighted by Gasteiger charge is -2.22. The monoisotopic (exact) mass is 409 g/mol. The van der Waals surface area contributed by atoms with Crippen LogP contribution in [0.3, 0.4) is 0 Å². The second-order valence-corrected chi connectivity index (χ2v) is 8.27. The molecule has 0 saturated carbocycles. The zero-order chi connectivity index (χ0) is 21.5. The Bertz CT molecular complexity index is 991. The fourth-order valence-corrected chi connectivity index (χ4v) is 4.39. The number of benzene rings is 1. The van der Waals surface area contributed by atoms with Crippen LogP contribution in [-0.2, 0) is 21.6 Å². The van der Waals surface area contributed by atoms with E-state index in [1.54, 1.807) is 19.1 Å². The van der Waals surface area contributed by atoms with Gasteiger partial charge in [0.25, 0.3) is 5.91 Å².